The lowest BCUT2D eigenvalue weighted by atomic mass is 9.98. The number of benzene rings is 4. The minimum Gasteiger partial charge on any atom is -0.456 e. The molecule has 0 bridgehead atoms. The molecule has 0 unspecified atom stereocenters. The predicted molar refractivity (Wildman–Crippen MR) is 111 cm³/mol. The van der Waals surface area contributed by atoms with Gasteiger partial charge in [-0.1, -0.05) is 54.6 Å². The topological polar surface area (TPSA) is 26.3 Å². The van der Waals surface area contributed by atoms with Crippen LogP contribution in [0.1, 0.15) is 5.56 Å². The fraction of sp³-hybridized carbons (Fsp3) is 0.0400. The molecule has 0 aliphatic heterocycles. The van der Waals surface area contributed by atoms with Crippen molar-refractivity contribution in [2.24, 2.45) is 0 Å². The highest BCUT2D eigenvalue weighted by atomic mass is 16.3. The van der Waals surface area contributed by atoms with Crippen molar-refractivity contribution in [3.63, 3.8) is 0 Å². The first-order valence-corrected chi connectivity index (χ1v) is 9.12. The molecular formula is C25H16O2. The Morgan fingerprint density at radius 3 is 2.15 bits per heavy atom. The van der Waals surface area contributed by atoms with E-state index in [2.05, 4.69) is 55.5 Å². The summed E-state index contributed by atoms with van der Waals surface area (Å²) < 4.78 is 12.3. The molecule has 0 saturated heterocycles. The average molecular weight is 348 g/mol. The molecule has 6 aromatic rings. The zero-order valence-corrected chi connectivity index (χ0v) is 14.8. The van der Waals surface area contributed by atoms with Crippen LogP contribution in [0.15, 0.2) is 87.7 Å². The quantitative estimate of drug-likeness (QED) is 0.308. The number of fused-ring (bicyclic) bond motifs is 6. The van der Waals surface area contributed by atoms with Crippen LogP contribution in [0.2, 0.25) is 0 Å². The molecule has 0 N–H and O–H groups in total. The van der Waals surface area contributed by atoms with Crippen molar-refractivity contribution in [2.45, 2.75) is 6.92 Å². The van der Waals surface area contributed by atoms with Crippen molar-refractivity contribution in [2.75, 3.05) is 0 Å². The van der Waals surface area contributed by atoms with Crippen LogP contribution in [0, 0.1) is 6.92 Å². The van der Waals surface area contributed by atoms with Crippen LogP contribution < -0.4 is 0 Å². The molecule has 0 amide bonds. The van der Waals surface area contributed by atoms with Gasteiger partial charge in [-0.05, 0) is 42.3 Å². The predicted octanol–water partition coefficient (Wildman–Crippen LogP) is 7.46. The molecule has 27 heavy (non-hydrogen) atoms. The summed E-state index contributed by atoms with van der Waals surface area (Å²) in [6.45, 7) is 2.14. The average Bonchev–Trinajstić information content (AvgIpc) is 3.26. The van der Waals surface area contributed by atoms with Gasteiger partial charge in [-0.2, -0.15) is 0 Å². The lowest BCUT2D eigenvalue weighted by Gasteiger charge is -2.05. The van der Waals surface area contributed by atoms with Gasteiger partial charge in [0.25, 0.3) is 0 Å². The summed E-state index contributed by atoms with van der Waals surface area (Å²) in [4.78, 5) is 0. The third-order valence-corrected chi connectivity index (χ3v) is 5.42. The number of hydrogen-bond donors (Lipinski definition) is 0. The Balaban J connectivity index is 1.67. The van der Waals surface area contributed by atoms with Gasteiger partial charge in [0.2, 0.25) is 0 Å². The van der Waals surface area contributed by atoms with Gasteiger partial charge in [-0.25, -0.2) is 0 Å². The summed E-state index contributed by atoms with van der Waals surface area (Å²) in [5.41, 5.74) is 7.10. The van der Waals surface area contributed by atoms with Gasteiger partial charge in [0.15, 0.2) is 0 Å². The monoisotopic (exact) mass is 348 g/mol. The summed E-state index contributed by atoms with van der Waals surface area (Å²) in [6.07, 6.45) is 0. The van der Waals surface area contributed by atoms with E-state index in [1.807, 2.05) is 30.3 Å². The maximum atomic E-state index is 6.26. The van der Waals surface area contributed by atoms with Crippen molar-refractivity contribution in [1.29, 1.82) is 0 Å². The molecule has 0 aliphatic carbocycles. The Hall–Kier alpha value is -3.52. The van der Waals surface area contributed by atoms with Crippen LogP contribution in [0.5, 0.6) is 0 Å². The summed E-state index contributed by atoms with van der Waals surface area (Å²) in [5.74, 6) is 0. The van der Waals surface area contributed by atoms with Gasteiger partial charge in [0, 0.05) is 27.1 Å². The highest BCUT2D eigenvalue weighted by Crippen LogP contribution is 2.39. The molecular weight excluding hydrogens is 332 g/mol. The van der Waals surface area contributed by atoms with E-state index >= 15 is 0 Å². The maximum absolute atomic E-state index is 6.26. The number of rotatable bonds is 1. The molecule has 6 rings (SSSR count). The van der Waals surface area contributed by atoms with Crippen LogP contribution in [0.25, 0.3) is 55.0 Å². The smallest absolute Gasteiger partial charge is 0.143 e. The van der Waals surface area contributed by atoms with E-state index in [1.54, 1.807) is 0 Å². The van der Waals surface area contributed by atoms with Crippen LogP contribution in [-0.4, -0.2) is 0 Å². The van der Waals surface area contributed by atoms with Gasteiger partial charge in [-0.15, -0.1) is 0 Å². The molecule has 128 valence electrons. The van der Waals surface area contributed by atoms with E-state index < -0.39 is 0 Å². The number of para-hydroxylation sites is 2. The van der Waals surface area contributed by atoms with Crippen molar-refractivity contribution in [1.82, 2.24) is 0 Å². The second-order valence-corrected chi connectivity index (χ2v) is 7.04. The SMILES string of the molecule is Cc1ccc(-c2ccc3c(c2)oc2ccccc23)c2oc3ccccc3c12. The molecule has 0 radical (unpaired) electrons. The Morgan fingerprint density at radius 1 is 0.593 bits per heavy atom. The van der Waals surface area contributed by atoms with E-state index in [-0.39, 0.29) is 0 Å². The van der Waals surface area contributed by atoms with Gasteiger partial charge in [-0.3, -0.25) is 0 Å². The molecule has 4 aromatic carbocycles. The third-order valence-electron chi connectivity index (χ3n) is 5.42. The molecule has 2 aromatic heterocycles. The Labute approximate surface area is 155 Å². The summed E-state index contributed by atoms with van der Waals surface area (Å²) in [5, 5.41) is 4.64. The second kappa shape index (κ2) is 5.24. The minimum atomic E-state index is 0.901. The zero-order valence-electron chi connectivity index (χ0n) is 14.8. The molecule has 2 heterocycles. The highest BCUT2D eigenvalue weighted by molar-refractivity contribution is 6.12. The lowest BCUT2D eigenvalue weighted by Crippen LogP contribution is -1.82. The normalized spacial score (nSPS) is 11.9. The van der Waals surface area contributed by atoms with Crippen molar-refractivity contribution in [3.8, 4) is 11.1 Å². The summed E-state index contributed by atoms with van der Waals surface area (Å²) in [6, 6.07) is 27.1. The zero-order chi connectivity index (χ0) is 18.0. The first-order chi connectivity index (χ1) is 13.3. The third kappa shape index (κ3) is 2.01. The van der Waals surface area contributed by atoms with Crippen LogP contribution >= 0.6 is 0 Å². The molecule has 0 spiro atoms. The van der Waals surface area contributed by atoms with Crippen LogP contribution in [0.4, 0.5) is 0 Å². The van der Waals surface area contributed by atoms with Gasteiger partial charge >= 0.3 is 0 Å². The fourth-order valence-electron chi connectivity index (χ4n) is 4.11. The maximum Gasteiger partial charge on any atom is 0.143 e. The van der Waals surface area contributed by atoms with Crippen LogP contribution in [0.3, 0.4) is 0 Å². The van der Waals surface area contributed by atoms with Gasteiger partial charge in [0.1, 0.15) is 22.3 Å². The highest BCUT2D eigenvalue weighted by Gasteiger charge is 2.15. The van der Waals surface area contributed by atoms with Crippen molar-refractivity contribution < 1.29 is 8.83 Å². The lowest BCUT2D eigenvalue weighted by molar-refractivity contribution is 0.668. The molecule has 2 nitrogen and oxygen atoms in total. The van der Waals surface area contributed by atoms with E-state index in [0.29, 0.717) is 0 Å². The van der Waals surface area contributed by atoms with E-state index in [4.69, 9.17) is 8.83 Å². The van der Waals surface area contributed by atoms with Gasteiger partial charge in [0.05, 0.1) is 0 Å². The largest absolute Gasteiger partial charge is 0.456 e. The molecule has 0 saturated carbocycles. The minimum absolute atomic E-state index is 0.901. The number of hydrogen-bond acceptors (Lipinski definition) is 2. The van der Waals surface area contributed by atoms with Crippen LogP contribution in [-0.2, 0) is 0 Å². The van der Waals surface area contributed by atoms with Crippen molar-refractivity contribution in [3.05, 3.63) is 84.4 Å². The standard InChI is InChI=1S/C25H16O2/c1-15-10-12-17(25-24(15)20-7-3-5-9-22(20)27-25)16-11-13-19-18-6-2-4-8-21(18)26-23(19)14-16/h2-14H,1H3. The first kappa shape index (κ1) is 14.6. The Kier molecular flexibility index (Phi) is 2.84. The van der Waals surface area contributed by atoms with E-state index in [0.717, 1.165) is 49.6 Å². The summed E-state index contributed by atoms with van der Waals surface area (Å²) >= 11 is 0. The Morgan fingerprint density at radius 2 is 1.30 bits per heavy atom. The molecule has 0 aliphatic rings. The van der Waals surface area contributed by atoms with Gasteiger partial charge < -0.3 is 8.83 Å². The van der Waals surface area contributed by atoms with E-state index in [9.17, 15) is 0 Å². The van der Waals surface area contributed by atoms with E-state index in [1.165, 1.54) is 10.9 Å². The molecule has 0 atom stereocenters. The second-order valence-electron chi connectivity index (χ2n) is 7.04. The number of furan rings is 2. The molecule has 2 heteroatoms. The summed E-state index contributed by atoms with van der Waals surface area (Å²) in [7, 11) is 0. The molecule has 0 fully saturated rings. The van der Waals surface area contributed by atoms with Crippen molar-refractivity contribution >= 4 is 43.9 Å². The fourth-order valence-corrected chi connectivity index (χ4v) is 4.11. The number of aryl methyl sites for hydroxylation is 1. The Bertz CT molecular complexity index is 1480. The first-order valence-electron chi connectivity index (χ1n) is 9.12.